The number of rotatable bonds is 3. The Bertz CT molecular complexity index is 896. The zero-order valence-electron chi connectivity index (χ0n) is 15.3. The Balaban J connectivity index is 1.92. The summed E-state index contributed by atoms with van der Waals surface area (Å²) in [4.78, 5) is 25.9. The molecule has 0 aromatic heterocycles. The van der Waals surface area contributed by atoms with Crippen LogP contribution in [0.15, 0.2) is 42.5 Å². The van der Waals surface area contributed by atoms with E-state index in [9.17, 15) is 18.4 Å². The minimum atomic E-state index is -0.784. The maximum absolute atomic E-state index is 14.2. The van der Waals surface area contributed by atoms with E-state index in [2.05, 4.69) is 5.32 Å². The molecule has 27 heavy (non-hydrogen) atoms. The van der Waals surface area contributed by atoms with Crippen molar-refractivity contribution in [2.75, 3.05) is 16.0 Å². The predicted molar refractivity (Wildman–Crippen MR) is 104 cm³/mol. The number of carbonyl (C=O) groups excluding carboxylic acids is 2. The lowest BCUT2D eigenvalue weighted by atomic mass is 9.95. The first kappa shape index (κ1) is 19.4. The van der Waals surface area contributed by atoms with Gasteiger partial charge in [0.2, 0.25) is 11.8 Å². The number of nitrogens with zero attached hydrogens (tertiary/aromatic N) is 1. The minimum absolute atomic E-state index is 0.0422. The van der Waals surface area contributed by atoms with Crippen LogP contribution in [-0.2, 0) is 9.59 Å². The maximum atomic E-state index is 14.2. The molecule has 1 saturated heterocycles. The van der Waals surface area contributed by atoms with Crippen LogP contribution in [0, 0.1) is 17.0 Å². The maximum Gasteiger partial charge on any atom is 0.238 e. The van der Waals surface area contributed by atoms with Crippen LogP contribution >= 0.6 is 11.8 Å². The van der Waals surface area contributed by atoms with E-state index in [-0.39, 0.29) is 23.3 Å². The molecule has 7 heteroatoms. The van der Waals surface area contributed by atoms with Crippen molar-refractivity contribution in [3.63, 3.8) is 0 Å². The summed E-state index contributed by atoms with van der Waals surface area (Å²) in [5.74, 6) is -1.66. The van der Waals surface area contributed by atoms with Crippen LogP contribution in [0.5, 0.6) is 0 Å². The van der Waals surface area contributed by atoms with E-state index in [0.717, 1.165) is 17.7 Å². The first-order chi connectivity index (χ1) is 12.7. The van der Waals surface area contributed by atoms with Crippen molar-refractivity contribution in [2.45, 2.75) is 26.1 Å². The fourth-order valence-corrected chi connectivity index (χ4v) is 3.86. The lowest BCUT2D eigenvalue weighted by Gasteiger charge is -2.25. The molecule has 1 fully saturated rings. The smallest absolute Gasteiger partial charge is 0.238 e. The van der Waals surface area contributed by atoms with Crippen molar-refractivity contribution in [3.8, 4) is 0 Å². The lowest BCUT2D eigenvalue weighted by molar-refractivity contribution is -0.123. The zero-order valence-corrected chi connectivity index (χ0v) is 16.1. The van der Waals surface area contributed by atoms with Crippen LogP contribution in [0.3, 0.4) is 0 Å². The van der Waals surface area contributed by atoms with Gasteiger partial charge in [-0.05, 0) is 29.8 Å². The van der Waals surface area contributed by atoms with Gasteiger partial charge in [0.25, 0.3) is 0 Å². The Kier molecular flexibility index (Phi) is 5.24. The van der Waals surface area contributed by atoms with Crippen LogP contribution < -0.4 is 10.2 Å². The van der Waals surface area contributed by atoms with Crippen molar-refractivity contribution in [1.82, 2.24) is 0 Å². The highest BCUT2D eigenvalue weighted by Gasteiger charge is 2.35. The minimum Gasteiger partial charge on any atom is -0.326 e. The molecule has 1 atom stereocenters. The van der Waals surface area contributed by atoms with E-state index in [1.54, 1.807) is 18.2 Å². The summed E-state index contributed by atoms with van der Waals surface area (Å²) in [7, 11) is 0. The topological polar surface area (TPSA) is 49.4 Å². The molecule has 2 amide bonds. The van der Waals surface area contributed by atoms with E-state index in [4.69, 9.17) is 0 Å². The molecule has 2 aromatic rings. The van der Waals surface area contributed by atoms with Crippen LogP contribution in [0.1, 0.15) is 31.7 Å². The number of halogens is 2. The van der Waals surface area contributed by atoms with Gasteiger partial charge in [-0.1, -0.05) is 32.9 Å². The molecule has 1 heterocycles. The van der Waals surface area contributed by atoms with Gasteiger partial charge in [0.15, 0.2) is 0 Å². The average molecular weight is 390 g/mol. The van der Waals surface area contributed by atoms with Crippen LogP contribution in [0.25, 0.3) is 0 Å². The summed E-state index contributed by atoms with van der Waals surface area (Å²) >= 11 is 1.36. The fourth-order valence-electron chi connectivity index (χ4n) is 2.70. The Labute approximate surface area is 160 Å². The third-order valence-electron chi connectivity index (χ3n) is 4.15. The molecule has 0 saturated carbocycles. The number of hydrogen-bond acceptors (Lipinski definition) is 3. The standard InChI is InChI=1S/C20H20F2N2O2S/c1-20(2,3)19(26)23-14-6-4-5-12(9-14)18-24(17(25)11-27-18)16-8-7-13(21)10-15(16)22/h4-10,18H,11H2,1-3H3,(H,23,26). The highest BCUT2D eigenvalue weighted by molar-refractivity contribution is 8.00. The second-order valence-corrected chi connectivity index (χ2v) is 8.42. The summed E-state index contributed by atoms with van der Waals surface area (Å²) < 4.78 is 27.5. The molecular weight excluding hydrogens is 370 g/mol. The highest BCUT2D eigenvalue weighted by Crippen LogP contribution is 2.43. The summed E-state index contributed by atoms with van der Waals surface area (Å²) in [5.41, 5.74) is 0.853. The van der Waals surface area contributed by atoms with Crippen molar-refractivity contribution < 1.29 is 18.4 Å². The summed E-state index contributed by atoms with van der Waals surface area (Å²) in [6, 6.07) is 10.3. The molecule has 1 unspecified atom stereocenters. The molecule has 1 aliphatic heterocycles. The van der Waals surface area contributed by atoms with Crippen molar-refractivity contribution >= 4 is 35.0 Å². The first-order valence-corrected chi connectivity index (χ1v) is 9.52. The van der Waals surface area contributed by atoms with Crippen molar-refractivity contribution in [1.29, 1.82) is 0 Å². The molecule has 142 valence electrons. The molecule has 1 aliphatic rings. The average Bonchev–Trinajstić information content (AvgIpc) is 2.96. The second-order valence-electron chi connectivity index (χ2n) is 7.35. The summed E-state index contributed by atoms with van der Waals surface area (Å²) in [6.45, 7) is 5.45. The third-order valence-corrected chi connectivity index (χ3v) is 5.36. The second kappa shape index (κ2) is 7.31. The van der Waals surface area contributed by atoms with Crippen molar-refractivity contribution in [3.05, 3.63) is 59.7 Å². The zero-order chi connectivity index (χ0) is 19.8. The van der Waals surface area contributed by atoms with Gasteiger partial charge in [-0.15, -0.1) is 11.8 Å². The normalized spacial score (nSPS) is 17.3. The van der Waals surface area contributed by atoms with Gasteiger partial charge in [-0.3, -0.25) is 14.5 Å². The van der Waals surface area contributed by atoms with E-state index >= 15 is 0 Å². The number of nitrogens with one attached hydrogen (secondary N) is 1. The molecule has 0 radical (unpaired) electrons. The van der Waals surface area contributed by atoms with Crippen LogP contribution in [0.2, 0.25) is 0 Å². The molecule has 0 spiro atoms. The Morgan fingerprint density at radius 3 is 2.59 bits per heavy atom. The number of hydrogen-bond donors (Lipinski definition) is 1. The Hall–Kier alpha value is -2.41. The summed E-state index contributed by atoms with van der Waals surface area (Å²) in [6.07, 6.45) is 0. The van der Waals surface area contributed by atoms with Gasteiger partial charge in [0, 0.05) is 17.2 Å². The van der Waals surface area contributed by atoms with Gasteiger partial charge < -0.3 is 5.32 Å². The predicted octanol–water partition coefficient (Wildman–Crippen LogP) is 4.73. The Morgan fingerprint density at radius 1 is 1.19 bits per heavy atom. The van der Waals surface area contributed by atoms with E-state index < -0.39 is 22.4 Å². The van der Waals surface area contributed by atoms with Gasteiger partial charge in [-0.25, -0.2) is 8.78 Å². The number of anilines is 2. The molecule has 3 rings (SSSR count). The monoisotopic (exact) mass is 390 g/mol. The number of amides is 2. The molecule has 0 aliphatic carbocycles. The van der Waals surface area contributed by atoms with Crippen LogP contribution in [-0.4, -0.2) is 17.6 Å². The number of benzene rings is 2. The number of thioether (sulfide) groups is 1. The summed E-state index contributed by atoms with van der Waals surface area (Å²) in [5, 5.41) is 2.40. The quantitative estimate of drug-likeness (QED) is 0.824. The van der Waals surface area contributed by atoms with E-state index in [1.807, 2.05) is 26.8 Å². The fraction of sp³-hybridized carbons (Fsp3) is 0.300. The largest absolute Gasteiger partial charge is 0.326 e. The van der Waals surface area contributed by atoms with Crippen molar-refractivity contribution in [2.24, 2.45) is 5.41 Å². The molecule has 0 bridgehead atoms. The number of carbonyl (C=O) groups is 2. The first-order valence-electron chi connectivity index (χ1n) is 8.47. The lowest BCUT2D eigenvalue weighted by Crippen LogP contribution is -2.29. The SMILES string of the molecule is CC(C)(C)C(=O)Nc1cccc(C2SCC(=O)N2c2ccc(F)cc2F)c1. The molecule has 4 nitrogen and oxygen atoms in total. The highest BCUT2D eigenvalue weighted by atomic mass is 32.2. The molecular formula is C20H20F2N2O2S. The van der Waals surface area contributed by atoms with E-state index in [1.165, 1.54) is 22.7 Å². The third kappa shape index (κ3) is 4.13. The molecule has 2 aromatic carbocycles. The van der Waals surface area contributed by atoms with E-state index in [0.29, 0.717) is 5.69 Å². The van der Waals surface area contributed by atoms with Gasteiger partial charge in [-0.2, -0.15) is 0 Å². The van der Waals surface area contributed by atoms with Gasteiger partial charge in [0.1, 0.15) is 17.0 Å². The Morgan fingerprint density at radius 2 is 1.93 bits per heavy atom. The van der Waals surface area contributed by atoms with Gasteiger partial charge in [0.05, 0.1) is 11.4 Å². The van der Waals surface area contributed by atoms with Gasteiger partial charge >= 0.3 is 0 Å². The van der Waals surface area contributed by atoms with Crippen LogP contribution in [0.4, 0.5) is 20.2 Å². The molecule has 1 N–H and O–H groups in total.